The molecule has 0 spiro atoms. The van der Waals surface area contributed by atoms with Crippen LogP contribution in [0.25, 0.3) is 0 Å². The Labute approximate surface area is 175 Å². The highest BCUT2D eigenvalue weighted by Crippen LogP contribution is 2.36. The third-order valence-corrected chi connectivity index (χ3v) is 7.75. The minimum Gasteiger partial charge on any atom is -0.326 e. The molecule has 8 heteroatoms. The van der Waals surface area contributed by atoms with Gasteiger partial charge in [-0.05, 0) is 49.2 Å². The number of hydrogen-bond acceptors (Lipinski definition) is 5. The number of benzene rings is 2. The topological polar surface area (TPSA) is 92.3 Å². The van der Waals surface area contributed by atoms with Crippen LogP contribution < -0.4 is 10.6 Å². The zero-order chi connectivity index (χ0) is 21.2. The number of rotatable bonds is 5. The number of nitrogens with one attached hydrogen (secondary N) is 2. The molecule has 2 aromatic rings. The quantitative estimate of drug-likeness (QED) is 0.747. The summed E-state index contributed by atoms with van der Waals surface area (Å²) in [5.41, 5.74) is 3.20. The summed E-state index contributed by atoms with van der Waals surface area (Å²) in [4.78, 5) is 25.2. The van der Waals surface area contributed by atoms with Crippen LogP contribution in [-0.4, -0.2) is 31.2 Å². The number of thioether (sulfide) groups is 1. The Hall–Kier alpha value is -2.32. The number of hydrogen-bond donors (Lipinski definition) is 2. The molecule has 6 nitrogen and oxygen atoms in total. The molecule has 2 aromatic carbocycles. The van der Waals surface area contributed by atoms with Gasteiger partial charge in [0.1, 0.15) is 0 Å². The fourth-order valence-corrected chi connectivity index (χ4v) is 5.38. The molecule has 154 valence electrons. The largest absolute Gasteiger partial charge is 0.326 e. The fourth-order valence-electron chi connectivity index (χ4n) is 3.07. The van der Waals surface area contributed by atoms with Gasteiger partial charge in [0.15, 0.2) is 9.84 Å². The molecule has 2 N–H and O–H groups in total. The maximum Gasteiger partial charge on any atom is 0.225 e. The van der Waals surface area contributed by atoms with Gasteiger partial charge in [0.05, 0.1) is 16.3 Å². The number of carbonyl (C=O) groups is 2. The molecule has 1 atom stereocenters. The third-order valence-electron chi connectivity index (χ3n) is 4.86. The summed E-state index contributed by atoms with van der Waals surface area (Å²) in [7, 11) is -3.66. The summed E-state index contributed by atoms with van der Waals surface area (Å²) in [5.74, 6) is -0.791. The molecule has 1 aliphatic rings. The molecule has 0 saturated carbocycles. The molecule has 3 rings (SSSR count). The first-order valence-electron chi connectivity index (χ1n) is 9.35. The standard InChI is InChI=1S/C21H24N2O4S2/c1-13-5-4-6-17(15(13)3)22-20(24)9-10-29(26,27)16-7-8-19-18(12-16)23-21(25)11-14(2)28-19/h4-8,12,14H,9-11H2,1-3H3,(H,22,24)(H,23,25)/t14-/m0/s1. The van der Waals surface area contributed by atoms with E-state index in [4.69, 9.17) is 0 Å². The van der Waals surface area contributed by atoms with E-state index in [0.29, 0.717) is 17.8 Å². The summed E-state index contributed by atoms with van der Waals surface area (Å²) in [6, 6.07) is 10.3. The molecule has 29 heavy (non-hydrogen) atoms. The van der Waals surface area contributed by atoms with Crippen LogP contribution in [-0.2, 0) is 19.4 Å². The van der Waals surface area contributed by atoms with Crippen LogP contribution in [0.3, 0.4) is 0 Å². The van der Waals surface area contributed by atoms with Gasteiger partial charge in [0.25, 0.3) is 0 Å². The van der Waals surface area contributed by atoms with Crippen LogP contribution in [0.5, 0.6) is 0 Å². The number of fused-ring (bicyclic) bond motifs is 1. The van der Waals surface area contributed by atoms with Crippen molar-refractivity contribution in [3.05, 3.63) is 47.5 Å². The molecular weight excluding hydrogens is 408 g/mol. The van der Waals surface area contributed by atoms with Crippen LogP contribution in [0.2, 0.25) is 0 Å². The fraction of sp³-hybridized carbons (Fsp3) is 0.333. The highest BCUT2D eigenvalue weighted by Gasteiger charge is 2.23. The molecule has 2 amide bonds. The highest BCUT2D eigenvalue weighted by atomic mass is 32.2. The summed E-state index contributed by atoms with van der Waals surface area (Å²) in [6.45, 7) is 5.81. The Kier molecular flexibility index (Phi) is 6.33. The first kappa shape index (κ1) is 21.4. The van der Waals surface area contributed by atoms with Crippen molar-refractivity contribution in [2.75, 3.05) is 16.4 Å². The van der Waals surface area contributed by atoms with Crippen LogP contribution >= 0.6 is 11.8 Å². The molecule has 0 fully saturated rings. The lowest BCUT2D eigenvalue weighted by atomic mass is 10.1. The van der Waals surface area contributed by atoms with Crippen molar-refractivity contribution in [1.82, 2.24) is 0 Å². The van der Waals surface area contributed by atoms with Gasteiger partial charge in [-0.15, -0.1) is 11.8 Å². The molecule has 0 aliphatic carbocycles. The Morgan fingerprint density at radius 2 is 2.00 bits per heavy atom. The minimum atomic E-state index is -3.66. The lowest BCUT2D eigenvalue weighted by Crippen LogP contribution is -2.18. The van der Waals surface area contributed by atoms with Gasteiger partial charge in [-0.3, -0.25) is 9.59 Å². The Bertz CT molecular complexity index is 1060. The van der Waals surface area contributed by atoms with Crippen molar-refractivity contribution in [2.24, 2.45) is 0 Å². The van der Waals surface area contributed by atoms with E-state index >= 15 is 0 Å². The van der Waals surface area contributed by atoms with E-state index in [0.717, 1.165) is 16.0 Å². The van der Waals surface area contributed by atoms with E-state index in [1.807, 2.05) is 32.9 Å². The average Bonchev–Trinajstić information content (AvgIpc) is 2.79. The Morgan fingerprint density at radius 1 is 1.24 bits per heavy atom. The average molecular weight is 433 g/mol. The molecular formula is C21H24N2O4S2. The molecule has 1 aliphatic heterocycles. The predicted octanol–water partition coefficient (Wildman–Crippen LogP) is 3.93. The number of aryl methyl sites for hydroxylation is 1. The molecule has 0 unspecified atom stereocenters. The molecule has 0 bridgehead atoms. The molecule has 0 saturated heterocycles. The van der Waals surface area contributed by atoms with Crippen LogP contribution in [0.1, 0.15) is 30.9 Å². The van der Waals surface area contributed by atoms with Gasteiger partial charge in [0.2, 0.25) is 11.8 Å². The van der Waals surface area contributed by atoms with Crippen molar-refractivity contribution in [3.8, 4) is 0 Å². The van der Waals surface area contributed by atoms with Crippen molar-refractivity contribution >= 4 is 44.8 Å². The van der Waals surface area contributed by atoms with Crippen molar-refractivity contribution < 1.29 is 18.0 Å². The van der Waals surface area contributed by atoms with Crippen molar-refractivity contribution in [3.63, 3.8) is 0 Å². The number of sulfone groups is 1. The van der Waals surface area contributed by atoms with Crippen LogP contribution in [0.4, 0.5) is 11.4 Å². The Morgan fingerprint density at radius 3 is 2.76 bits per heavy atom. The maximum absolute atomic E-state index is 12.7. The first-order chi connectivity index (χ1) is 13.7. The highest BCUT2D eigenvalue weighted by molar-refractivity contribution is 8.00. The van der Waals surface area contributed by atoms with E-state index in [1.165, 1.54) is 23.9 Å². The lowest BCUT2D eigenvalue weighted by Gasteiger charge is -2.12. The molecule has 1 heterocycles. The van der Waals surface area contributed by atoms with Gasteiger partial charge in [-0.2, -0.15) is 0 Å². The smallest absolute Gasteiger partial charge is 0.225 e. The van der Waals surface area contributed by atoms with E-state index in [1.54, 1.807) is 12.1 Å². The normalized spacial score (nSPS) is 16.5. The molecule has 0 radical (unpaired) electrons. The van der Waals surface area contributed by atoms with Gasteiger partial charge < -0.3 is 10.6 Å². The second-order valence-electron chi connectivity index (χ2n) is 7.20. The third kappa shape index (κ3) is 5.19. The number of carbonyl (C=O) groups excluding carboxylic acids is 2. The Balaban J connectivity index is 1.70. The maximum atomic E-state index is 12.7. The van der Waals surface area contributed by atoms with E-state index in [-0.39, 0.29) is 34.1 Å². The van der Waals surface area contributed by atoms with Crippen molar-refractivity contribution in [1.29, 1.82) is 0 Å². The van der Waals surface area contributed by atoms with Crippen LogP contribution in [0, 0.1) is 13.8 Å². The van der Waals surface area contributed by atoms with Gasteiger partial charge in [-0.1, -0.05) is 19.1 Å². The van der Waals surface area contributed by atoms with Gasteiger partial charge in [-0.25, -0.2) is 8.42 Å². The summed E-state index contributed by atoms with van der Waals surface area (Å²) >= 11 is 1.54. The van der Waals surface area contributed by atoms with E-state index in [2.05, 4.69) is 10.6 Å². The first-order valence-corrected chi connectivity index (χ1v) is 11.9. The van der Waals surface area contributed by atoms with Gasteiger partial charge >= 0.3 is 0 Å². The lowest BCUT2D eigenvalue weighted by molar-refractivity contribution is -0.116. The number of amides is 2. The zero-order valence-corrected chi connectivity index (χ0v) is 18.2. The van der Waals surface area contributed by atoms with Gasteiger partial charge in [0, 0.05) is 28.7 Å². The second-order valence-corrected chi connectivity index (χ2v) is 10.8. The van der Waals surface area contributed by atoms with E-state index in [9.17, 15) is 18.0 Å². The summed E-state index contributed by atoms with van der Waals surface area (Å²) in [5, 5.41) is 5.67. The minimum absolute atomic E-state index is 0.103. The summed E-state index contributed by atoms with van der Waals surface area (Å²) in [6.07, 6.45) is 0.227. The predicted molar refractivity (Wildman–Crippen MR) is 116 cm³/mol. The SMILES string of the molecule is Cc1cccc(NC(=O)CCS(=O)(=O)c2ccc3c(c2)NC(=O)C[C@H](C)S3)c1C. The van der Waals surface area contributed by atoms with Crippen molar-refractivity contribution in [2.45, 2.75) is 48.7 Å². The summed E-state index contributed by atoms with van der Waals surface area (Å²) < 4.78 is 25.5. The zero-order valence-electron chi connectivity index (χ0n) is 16.6. The molecule has 0 aromatic heterocycles. The van der Waals surface area contributed by atoms with Crippen LogP contribution in [0.15, 0.2) is 46.2 Å². The van der Waals surface area contributed by atoms with E-state index < -0.39 is 9.84 Å². The second kappa shape index (κ2) is 8.59. The number of anilines is 2. The monoisotopic (exact) mass is 432 g/mol.